The number of carbonyl (C=O) groups is 1. The van der Waals surface area contributed by atoms with Gasteiger partial charge in [-0.15, -0.1) is 0 Å². The van der Waals surface area contributed by atoms with E-state index in [1.807, 2.05) is 0 Å². The Kier molecular flexibility index (Phi) is 5.40. The Morgan fingerprint density at radius 1 is 1.15 bits per heavy atom. The Labute approximate surface area is 157 Å². The van der Waals surface area contributed by atoms with Crippen molar-refractivity contribution in [1.29, 1.82) is 0 Å². The Hall–Kier alpha value is -0.740. The summed E-state index contributed by atoms with van der Waals surface area (Å²) in [6.45, 7) is -0.198. The molecule has 0 saturated heterocycles. The van der Waals surface area contributed by atoms with Crippen molar-refractivity contribution in [3.05, 3.63) is 0 Å². The molecule has 4 aliphatic carbocycles. The van der Waals surface area contributed by atoms with E-state index in [2.05, 4.69) is 0 Å². The van der Waals surface area contributed by atoms with Gasteiger partial charge in [0.15, 0.2) is 0 Å². The minimum atomic E-state index is -5.13. The van der Waals surface area contributed by atoms with Crippen LogP contribution in [0.25, 0.3) is 0 Å². The third-order valence-corrected chi connectivity index (χ3v) is 6.93. The summed E-state index contributed by atoms with van der Waals surface area (Å²) in [7, 11) is 0. The van der Waals surface area contributed by atoms with E-state index in [0.717, 1.165) is 6.42 Å². The number of hydrogen-bond acceptors (Lipinski definition) is 5. The highest BCUT2D eigenvalue weighted by Gasteiger charge is 2.61. The van der Waals surface area contributed by atoms with Crippen molar-refractivity contribution < 1.29 is 41.0 Å². The fourth-order valence-electron chi connectivity index (χ4n) is 5.49. The Bertz CT molecular complexity index is 612. The topological polar surface area (TPSA) is 86.7 Å². The quantitative estimate of drug-likeness (QED) is 0.285. The number of alkyl halides is 4. The first-order valence-corrected chi connectivity index (χ1v) is 10.2. The highest BCUT2D eigenvalue weighted by molar-refractivity contribution is 7.80. The van der Waals surface area contributed by atoms with Crippen molar-refractivity contribution in [2.75, 3.05) is 6.61 Å². The van der Waals surface area contributed by atoms with Crippen molar-refractivity contribution in [2.45, 2.75) is 74.6 Å². The zero-order chi connectivity index (χ0) is 20.1. The average Bonchev–Trinajstić information content (AvgIpc) is 2.51. The van der Waals surface area contributed by atoms with E-state index in [0.29, 0.717) is 32.1 Å². The second kappa shape index (κ2) is 6.95. The molecule has 0 radical (unpaired) electrons. The van der Waals surface area contributed by atoms with Gasteiger partial charge >= 0.3 is 17.1 Å². The lowest BCUT2D eigenvalue weighted by atomic mass is 9.48. The van der Waals surface area contributed by atoms with Crippen LogP contribution in [-0.4, -0.2) is 43.2 Å². The minimum Gasteiger partial charge on any atom is -0.768 e. The maximum absolute atomic E-state index is 13.3. The second-order valence-corrected chi connectivity index (χ2v) is 9.50. The first kappa shape index (κ1) is 21.0. The van der Waals surface area contributed by atoms with Gasteiger partial charge in [-0.1, -0.05) is 0 Å². The lowest BCUT2D eigenvalue weighted by Gasteiger charge is -2.58. The second-order valence-electron chi connectivity index (χ2n) is 8.51. The molecule has 1 N–H and O–H groups in total. The van der Waals surface area contributed by atoms with Crippen molar-refractivity contribution in [3.63, 3.8) is 0 Å². The molecule has 0 aliphatic heterocycles. The van der Waals surface area contributed by atoms with Gasteiger partial charge in [0, 0.05) is 17.5 Å². The molecule has 4 saturated carbocycles. The van der Waals surface area contributed by atoms with Gasteiger partial charge in [0.2, 0.25) is 0 Å². The van der Waals surface area contributed by atoms with Crippen LogP contribution in [0.15, 0.2) is 0 Å². The van der Waals surface area contributed by atoms with Gasteiger partial charge in [-0.2, -0.15) is 17.6 Å². The van der Waals surface area contributed by atoms with Gasteiger partial charge in [0.25, 0.3) is 0 Å². The Balaban J connectivity index is 1.46. The molecule has 27 heavy (non-hydrogen) atoms. The number of ether oxygens (including phenoxy) is 1. The van der Waals surface area contributed by atoms with Crippen LogP contribution >= 0.6 is 0 Å². The van der Waals surface area contributed by atoms with E-state index < -0.39 is 52.1 Å². The predicted octanol–water partition coefficient (Wildman–Crippen LogP) is 3.14. The van der Waals surface area contributed by atoms with Gasteiger partial charge in [-0.3, -0.25) is 9.00 Å². The molecule has 10 heteroatoms. The summed E-state index contributed by atoms with van der Waals surface area (Å²) in [4.78, 5) is 12.6. The summed E-state index contributed by atoms with van der Waals surface area (Å²) in [5.41, 5.74) is -1.56. The third-order valence-electron chi connectivity index (χ3n) is 6.22. The van der Waals surface area contributed by atoms with Crippen molar-refractivity contribution in [2.24, 2.45) is 17.3 Å². The molecule has 4 bridgehead atoms. The van der Waals surface area contributed by atoms with Crippen LogP contribution in [0, 0.1) is 17.3 Å². The summed E-state index contributed by atoms with van der Waals surface area (Å²) < 4.78 is 78.2. The molecule has 4 aliphatic rings. The number of unbranched alkanes of at least 4 members (excludes halogenated alkanes) is 1. The highest BCUT2D eigenvalue weighted by atomic mass is 32.2. The van der Waals surface area contributed by atoms with E-state index in [1.165, 1.54) is 0 Å². The average molecular weight is 415 g/mol. The largest absolute Gasteiger partial charge is 0.768 e. The molecule has 4 fully saturated rings. The first-order valence-electron chi connectivity index (χ1n) is 9.14. The molecule has 0 amide bonds. The van der Waals surface area contributed by atoms with Crippen LogP contribution in [0.5, 0.6) is 0 Å². The molecule has 0 aromatic rings. The molecule has 3 atom stereocenters. The van der Waals surface area contributed by atoms with E-state index in [4.69, 9.17) is 4.74 Å². The summed E-state index contributed by atoms with van der Waals surface area (Å²) in [5.74, 6) is -4.55. The monoisotopic (exact) mass is 415 g/mol. The van der Waals surface area contributed by atoms with Gasteiger partial charge in [0.05, 0.1) is 17.6 Å². The van der Waals surface area contributed by atoms with Crippen LogP contribution < -0.4 is 0 Å². The number of carbonyl (C=O) groups excluding carboxylic acids is 1. The smallest absolute Gasteiger partial charge is 0.371 e. The molecule has 4 rings (SSSR count). The molecule has 0 spiro atoms. The first-order chi connectivity index (χ1) is 12.4. The van der Waals surface area contributed by atoms with E-state index >= 15 is 0 Å². The van der Waals surface area contributed by atoms with Crippen molar-refractivity contribution in [1.82, 2.24) is 0 Å². The molecule has 0 heterocycles. The van der Waals surface area contributed by atoms with Crippen molar-refractivity contribution >= 4 is 17.0 Å². The van der Waals surface area contributed by atoms with Gasteiger partial charge < -0.3 is 14.4 Å². The molecule has 156 valence electrons. The lowest BCUT2D eigenvalue weighted by Crippen LogP contribution is -2.58. The van der Waals surface area contributed by atoms with Crippen LogP contribution in [0.2, 0.25) is 0 Å². The van der Waals surface area contributed by atoms with Crippen molar-refractivity contribution in [3.8, 4) is 0 Å². The number of esters is 1. The number of hydrogen-bond donors (Lipinski definition) is 1. The Morgan fingerprint density at radius 2 is 1.74 bits per heavy atom. The molecular formula is C17H23F4O5S-. The molecular weight excluding hydrogens is 392 g/mol. The molecule has 0 aromatic carbocycles. The fourth-order valence-corrected chi connectivity index (χ4v) is 5.83. The minimum absolute atomic E-state index is 0.0733. The van der Waals surface area contributed by atoms with Gasteiger partial charge in [-0.05, 0) is 63.2 Å². The summed E-state index contributed by atoms with van der Waals surface area (Å²) in [5, 5.41) is 5.50. The normalized spacial score (nSPS) is 36.7. The lowest BCUT2D eigenvalue weighted by molar-refractivity contribution is -0.196. The Morgan fingerprint density at radius 3 is 2.26 bits per heavy atom. The third kappa shape index (κ3) is 3.89. The maximum atomic E-state index is 13.3. The summed E-state index contributed by atoms with van der Waals surface area (Å²) in [6.07, 6.45) is 2.26. The summed E-state index contributed by atoms with van der Waals surface area (Å²) >= 11 is -4.21. The standard InChI is InChI=1S/C17H24F4O5S/c18-16(19,17(20,21)27(24)25)3-1-2-4-26-13(22)14-6-11-5-12(7-14)9-15(23,8-11)10-14/h11-12,23H,1-10H2,(H,24,25)/p-1. The van der Waals surface area contributed by atoms with Gasteiger partial charge in [-0.25, -0.2) is 0 Å². The van der Waals surface area contributed by atoms with E-state index in [-0.39, 0.29) is 24.9 Å². The van der Waals surface area contributed by atoms with E-state index in [9.17, 15) is 36.2 Å². The highest BCUT2D eigenvalue weighted by Crippen LogP contribution is 2.62. The van der Waals surface area contributed by atoms with E-state index in [1.54, 1.807) is 0 Å². The molecule has 5 nitrogen and oxygen atoms in total. The zero-order valence-electron chi connectivity index (χ0n) is 14.7. The fraction of sp³-hybridized carbons (Fsp3) is 0.941. The number of rotatable bonds is 8. The molecule has 3 unspecified atom stereocenters. The SMILES string of the molecule is O=C(OCCCCC(F)(F)C(F)(F)S(=O)[O-])C12CC3CC(CC(O)(C3)C1)C2. The number of aliphatic hydroxyl groups is 1. The molecule has 0 aromatic heterocycles. The van der Waals surface area contributed by atoms with Crippen LogP contribution in [0.4, 0.5) is 17.6 Å². The van der Waals surface area contributed by atoms with Crippen LogP contribution in [0.3, 0.4) is 0 Å². The number of halogens is 4. The van der Waals surface area contributed by atoms with Crippen LogP contribution in [-0.2, 0) is 20.6 Å². The van der Waals surface area contributed by atoms with Gasteiger partial charge in [0.1, 0.15) is 0 Å². The predicted molar refractivity (Wildman–Crippen MR) is 85.7 cm³/mol. The zero-order valence-corrected chi connectivity index (χ0v) is 15.5. The maximum Gasteiger partial charge on any atom is 0.371 e. The summed E-state index contributed by atoms with van der Waals surface area (Å²) in [6, 6.07) is 0. The van der Waals surface area contributed by atoms with Crippen LogP contribution in [0.1, 0.15) is 57.8 Å².